The maximum absolute atomic E-state index is 6.49. The minimum Gasteiger partial charge on any atom is -0.455 e. The first-order chi connectivity index (χ1) is 31.3. The number of anilines is 3. The van der Waals surface area contributed by atoms with Crippen LogP contribution in [0.1, 0.15) is 0 Å². The van der Waals surface area contributed by atoms with E-state index in [2.05, 4.69) is 241 Å². The van der Waals surface area contributed by atoms with Gasteiger partial charge in [0.25, 0.3) is 0 Å². The molecule has 0 aliphatic heterocycles. The van der Waals surface area contributed by atoms with Crippen molar-refractivity contribution in [2.75, 3.05) is 4.90 Å². The molecular weight excluding hydrogens is 779 g/mol. The Labute approximate surface area is 367 Å². The van der Waals surface area contributed by atoms with Crippen molar-refractivity contribution in [3.8, 4) is 11.1 Å². The maximum atomic E-state index is 6.49. The Morgan fingerprint density at radius 1 is 0.286 bits per heavy atom. The molecule has 296 valence electrons. The van der Waals surface area contributed by atoms with Crippen LogP contribution < -0.4 is 25.6 Å². The highest BCUT2D eigenvalue weighted by Crippen LogP contribution is 2.42. The zero-order valence-corrected chi connectivity index (χ0v) is 35.5. The molecule has 63 heavy (non-hydrogen) atoms. The van der Waals surface area contributed by atoms with Gasteiger partial charge in [-0.3, -0.25) is 0 Å². The van der Waals surface area contributed by atoms with Crippen LogP contribution >= 0.6 is 0 Å². The van der Waals surface area contributed by atoms with E-state index < -0.39 is 8.07 Å². The van der Waals surface area contributed by atoms with Gasteiger partial charge in [-0.05, 0) is 101 Å². The van der Waals surface area contributed by atoms with Gasteiger partial charge in [0.2, 0.25) is 0 Å². The summed E-state index contributed by atoms with van der Waals surface area (Å²) >= 11 is 0. The first kappa shape index (κ1) is 36.8. The summed E-state index contributed by atoms with van der Waals surface area (Å²) in [4.78, 5) is 2.41. The summed E-state index contributed by atoms with van der Waals surface area (Å²) in [6.07, 6.45) is 0. The topological polar surface area (TPSA) is 16.4 Å². The second-order valence-corrected chi connectivity index (χ2v) is 20.2. The van der Waals surface area contributed by atoms with Gasteiger partial charge in [0.1, 0.15) is 11.2 Å². The monoisotopic (exact) mass is 819 g/mol. The number of hydrogen-bond acceptors (Lipinski definition) is 2. The number of hydrogen-bond donors (Lipinski definition) is 0. The van der Waals surface area contributed by atoms with Crippen molar-refractivity contribution >= 4 is 100 Å². The fourth-order valence-corrected chi connectivity index (χ4v) is 14.9. The predicted molar refractivity (Wildman–Crippen MR) is 270 cm³/mol. The summed E-state index contributed by atoms with van der Waals surface area (Å²) in [6, 6.07) is 91.2. The Hall–Kier alpha value is -7.98. The number of nitrogens with zero attached hydrogens (tertiary/aromatic N) is 1. The molecule has 0 unspecified atom stereocenters. The lowest BCUT2D eigenvalue weighted by molar-refractivity contribution is 0.670. The summed E-state index contributed by atoms with van der Waals surface area (Å²) in [5.74, 6) is 0. The predicted octanol–water partition coefficient (Wildman–Crippen LogP) is 13.6. The van der Waals surface area contributed by atoms with Gasteiger partial charge in [0, 0.05) is 33.4 Å². The summed E-state index contributed by atoms with van der Waals surface area (Å²) in [5, 5.41) is 15.2. The van der Waals surface area contributed by atoms with Crippen LogP contribution in [0.25, 0.3) is 65.4 Å². The third-order valence-electron chi connectivity index (χ3n) is 13.0. The summed E-state index contributed by atoms with van der Waals surface area (Å²) in [6.45, 7) is 0. The fraction of sp³-hybridized carbons (Fsp3) is 0. The fourth-order valence-electron chi connectivity index (χ4n) is 10.2. The molecule has 0 N–H and O–H groups in total. The molecule has 0 fully saturated rings. The van der Waals surface area contributed by atoms with E-state index in [9.17, 15) is 0 Å². The number of fused-ring (bicyclic) bond motifs is 9. The molecule has 1 aromatic heterocycles. The molecule has 0 saturated heterocycles. The molecule has 1 heterocycles. The Bertz CT molecular complexity index is 3470. The third-order valence-corrected chi connectivity index (χ3v) is 17.8. The normalized spacial score (nSPS) is 11.8. The SMILES string of the molecule is c1ccc([Si](c2ccccc2)(c2ccccc2)c2ccc(N(c3ccc(-c4cccc5c4oc4ccccc45)cc3)c3ccc4c5ccccc5c5ccccc5c4c3)cc2)cc1. The summed E-state index contributed by atoms with van der Waals surface area (Å²) in [5.41, 5.74) is 7.27. The van der Waals surface area contributed by atoms with Crippen LogP contribution in [-0.4, -0.2) is 8.07 Å². The molecule has 0 aliphatic carbocycles. The summed E-state index contributed by atoms with van der Waals surface area (Å²) < 4.78 is 6.49. The van der Waals surface area contributed by atoms with Crippen molar-refractivity contribution in [3.05, 3.63) is 249 Å². The average molecular weight is 820 g/mol. The van der Waals surface area contributed by atoms with Crippen molar-refractivity contribution in [1.82, 2.24) is 0 Å². The minimum atomic E-state index is -2.72. The van der Waals surface area contributed by atoms with E-state index in [1.54, 1.807) is 0 Å². The smallest absolute Gasteiger partial charge is 0.179 e. The molecule has 0 bridgehead atoms. The number of benzene rings is 11. The lowest BCUT2D eigenvalue weighted by atomic mass is 9.94. The van der Waals surface area contributed by atoms with E-state index in [-0.39, 0.29) is 0 Å². The van der Waals surface area contributed by atoms with Gasteiger partial charge < -0.3 is 9.32 Å². The highest BCUT2D eigenvalue weighted by Gasteiger charge is 2.41. The van der Waals surface area contributed by atoms with Crippen molar-refractivity contribution in [2.24, 2.45) is 0 Å². The Morgan fingerprint density at radius 3 is 1.25 bits per heavy atom. The van der Waals surface area contributed by atoms with Gasteiger partial charge in [-0.1, -0.05) is 206 Å². The van der Waals surface area contributed by atoms with Gasteiger partial charge >= 0.3 is 0 Å². The van der Waals surface area contributed by atoms with Crippen LogP contribution in [0, 0.1) is 0 Å². The average Bonchev–Trinajstić information content (AvgIpc) is 3.75. The maximum Gasteiger partial charge on any atom is 0.179 e. The van der Waals surface area contributed by atoms with Gasteiger partial charge in [-0.15, -0.1) is 0 Å². The molecule has 2 nitrogen and oxygen atoms in total. The van der Waals surface area contributed by atoms with E-state index in [0.717, 1.165) is 50.1 Å². The van der Waals surface area contributed by atoms with Gasteiger partial charge in [0.05, 0.1) is 0 Å². The molecule has 11 aromatic carbocycles. The number of rotatable bonds is 8. The molecule has 0 radical (unpaired) electrons. The first-order valence-electron chi connectivity index (χ1n) is 21.7. The molecule has 0 atom stereocenters. The molecule has 0 aliphatic rings. The van der Waals surface area contributed by atoms with E-state index in [1.165, 1.54) is 53.1 Å². The van der Waals surface area contributed by atoms with Crippen LogP contribution in [-0.2, 0) is 0 Å². The zero-order chi connectivity index (χ0) is 41.7. The molecule has 3 heteroatoms. The lowest BCUT2D eigenvalue weighted by Gasteiger charge is -2.35. The highest BCUT2D eigenvalue weighted by molar-refractivity contribution is 7.19. The van der Waals surface area contributed by atoms with Crippen LogP contribution in [0.3, 0.4) is 0 Å². The molecular formula is C60H41NOSi. The van der Waals surface area contributed by atoms with Crippen molar-refractivity contribution in [1.29, 1.82) is 0 Å². The second-order valence-electron chi connectivity index (χ2n) is 16.4. The third kappa shape index (κ3) is 6.00. The second kappa shape index (κ2) is 15.2. The molecule has 12 aromatic rings. The molecule has 0 saturated carbocycles. The first-order valence-corrected chi connectivity index (χ1v) is 23.7. The van der Waals surface area contributed by atoms with Gasteiger partial charge in [-0.25, -0.2) is 0 Å². The van der Waals surface area contributed by atoms with Crippen molar-refractivity contribution in [3.63, 3.8) is 0 Å². The molecule has 0 amide bonds. The van der Waals surface area contributed by atoms with Crippen LogP contribution in [0.4, 0.5) is 17.1 Å². The largest absolute Gasteiger partial charge is 0.455 e. The Balaban J connectivity index is 1.05. The quantitative estimate of drug-likeness (QED) is 0.0863. The van der Waals surface area contributed by atoms with Gasteiger partial charge in [-0.2, -0.15) is 0 Å². The van der Waals surface area contributed by atoms with E-state index >= 15 is 0 Å². The Kier molecular flexibility index (Phi) is 8.87. The van der Waals surface area contributed by atoms with Crippen LogP contribution in [0.5, 0.6) is 0 Å². The van der Waals surface area contributed by atoms with Gasteiger partial charge in [0.15, 0.2) is 8.07 Å². The number of furan rings is 1. The Morgan fingerprint density at radius 2 is 0.698 bits per heavy atom. The van der Waals surface area contributed by atoms with Crippen LogP contribution in [0.15, 0.2) is 253 Å². The van der Waals surface area contributed by atoms with Crippen molar-refractivity contribution < 1.29 is 4.42 Å². The number of para-hydroxylation sites is 2. The van der Waals surface area contributed by atoms with E-state index in [1.807, 2.05) is 12.1 Å². The standard InChI is InChI=1S/C60H41NOSi/c1-4-17-46(18-5-1)63(47-19-6-2-7-20-47,48-21-8-3-9-22-48)49-38-35-44(36-39-49)61(45-37-40-55-53-25-11-10-23-51(53)52-24-12-13-26-54(52)58(55)41-45)43-33-31-42(32-34-43)50-28-16-29-57-56-27-14-15-30-59(56)62-60(50)57/h1-41H. The minimum absolute atomic E-state index is 0.904. The summed E-state index contributed by atoms with van der Waals surface area (Å²) in [7, 11) is -2.72. The van der Waals surface area contributed by atoms with E-state index in [0.29, 0.717) is 0 Å². The lowest BCUT2D eigenvalue weighted by Crippen LogP contribution is -2.74. The van der Waals surface area contributed by atoms with Crippen LogP contribution in [0.2, 0.25) is 0 Å². The molecule has 12 rings (SSSR count). The molecule has 0 spiro atoms. The highest BCUT2D eigenvalue weighted by atomic mass is 28.3. The van der Waals surface area contributed by atoms with Crippen molar-refractivity contribution in [2.45, 2.75) is 0 Å². The zero-order valence-electron chi connectivity index (χ0n) is 34.5. The van der Waals surface area contributed by atoms with E-state index in [4.69, 9.17) is 4.42 Å².